The Kier molecular flexibility index (Phi) is 3.61. The van der Waals surface area contributed by atoms with Crippen LogP contribution in [0, 0.1) is 11.2 Å². The number of amides is 1. The highest BCUT2D eigenvalue weighted by molar-refractivity contribution is 5.78. The van der Waals surface area contributed by atoms with E-state index in [0.29, 0.717) is 25.0 Å². The maximum atomic E-state index is 13.7. The molecule has 1 atom stereocenters. The molecular weight excluding hydrogens is 271 g/mol. The number of likely N-dealkylation sites (tertiary alicyclic amines) is 1. The Morgan fingerprint density at radius 3 is 2.95 bits per heavy atom. The Labute approximate surface area is 124 Å². The maximum Gasteiger partial charge on any atom is 0.234 e. The van der Waals surface area contributed by atoms with Gasteiger partial charge in [0.25, 0.3) is 0 Å². The minimum atomic E-state index is -0.365. The minimum absolute atomic E-state index is 0.00684. The number of carbonyl (C=O) groups excluding carboxylic acids is 1. The van der Waals surface area contributed by atoms with E-state index in [1.54, 1.807) is 6.07 Å². The topological polar surface area (TPSA) is 41.6 Å². The SMILES string of the molecule is CC1(C)CN(CC(=O)NC2CCOc3c(F)cccc32)C1. The zero-order valence-corrected chi connectivity index (χ0v) is 12.5. The molecule has 0 saturated carbocycles. The van der Waals surface area contributed by atoms with Crippen LogP contribution in [0.4, 0.5) is 4.39 Å². The molecule has 0 aliphatic carbocycles. The monoisotopic (exact) mass is 292 g/mol. The summed E-state index contributed by atoms with van der Waals surface area (Å²) in [6, 6.07) is 4.69. The van der Waals surface area contributed by atoms with Crippen molar-refractivity contribution in [3.8, 4) is 5.75 Å². The Hall–Kier alpha value is -1.62. The molecule has 0 aromatic heterocycles. The summed E-state index contributed by atoms with van der Waals surface area (Å²) in [5.74, 6) is -0.0947. The van der Waals surface area contributed by atoms with Crippen molar-refractivity contribution in [2.24, 2.45) is 5.41 Å². The largest absolute Gasteiger partial charge is 0.490 e. The number of hydrogen-bond acceptors (Lipinski definition) is 3. The van der Waals surface area contributed by atoms with Gasteiger partial charge in [-0.1, -0.05) is 26.0 Å². The third kappa shape index (κ3) is 3.02. The van der Waals surface area contributed by atoms with E-state index in [1.807, 2.05) is 6.07 Å². The molecule has 0 bridgehead atoms. The quantitative estimate of drug-likeness (QED) is 0.927. The summed E-state index contributed by atoms with van der Waals surface area (Å²) in [5.41, 5.74) is 1.05. The first-order valence-corrected chi connectivity index (χ1v) is 7.37. The molecule has 1 fully saturated rings. The molecule has 2 aliphatic rings. The average Bonchev–Trinajstić information content (AvgIpc) is 2.38. The fourth-order valence-electron chi connectivity index (χ4n) is 3.26. The van der Waals surface area contributed by atoms with Crippen LogP contribution in [0.5, 0.6) is 5.75 Å². The van der Waals surface area contributed by atoms with Crippen molar-refractivity contribution in [1.29, 1.82) is 0 Å². The predicted molar refractivity (Wildman–Crippen MR) is 77.6 cm³/mol. The number of nitrogens with zero attached hydrogens (tertiary/aromatic N) is 1. The lowest BCUT2D eigenvalue weighted by molar-refractivity contribution is -0.125. The fourth-order valence-corrected chi connectivity index (χ4v) is 3.26. The van der Waals surface area contributed by atoms with Crippen LogP contribution in [0.2, 0.25) is 0 Å². The van der Waals surface area contributed by atoms with Crippen molar-refractivity contribution in [1.82, 2.24) is 10.2 Å². The van der Waals surface area contributed by atoms with E-state index < -0.39 is 0 Å². The molecule has 1 aromatic carbocycles. The third-order valence-electron chi connectivity index (χ3n) is 4.03. The highest BCUT2D eigenvalue weighted by Gasteiger charge is 2.35. The molecule has 21 heavy (non-hydrogen) atoms. The molecule has 0 radical (unpaired) electrons. The van der Waals surface area contributed by atoms with Crippen LogP contribution < -0.4 is 10.1 Å². The third-order valence-corrected chi connectivity index (χ3v) is 4.03. The molecular formula is C16H21FN2O2. The molecule has 1 aromatic rings. The van der Waals surface area contributed by atoms with Crippen LogP contribution in [0.25, 0.3) is 0 Å². The summed E-state index contributed by atoms with van der Waals surface area (Å²) in [6.45, 7) is 7.11. The summed E-state index contributed by atoms with van der Waals surface area (Å²) in [7, 11) is 0. The van der Waals surface area contributed by atoms with Crippen LogP contribution in [0.3, 0.4) is 0 Å². The van der Waals surface area contributed by atoms with Gasteiger partial charge in [-0.3, -0.25) is 9.69 Å². The predicted octanol–water partition coefficient (Wildman–Crippen LogP) is 2.11. The number of halogens is 1. The summed E-state index contributed by atoms with van der Waals surface area (Å²) in [5, 5.41) is 3.00. The Morgan fingerprint density at radius 1 is 1.48 bits per heavy atom. The summed E-state index contributed by atoms with van der Waals surface area (Å²) < 4.78 is 19.1. The smallest absolute Gasteiger partial charge is 0.234 e. The van der Waals surface area contributed by atoms with Gasteiger partial charge in [0.15, 0.2) is 11.6 Å². The number of ether oxygens (including phenoxy) is 1. The van der Waals surface area contributed by atoms with Gasteiger partial charge in [0, 0.05) is 25.1 Å². The lowest BCUT2D eigenvalue weighted by Gasteiger charge is -2.45. The van der Waals surface area contributed by atoms with Crippen LogP contribution in [-0.4, -0.2) is 37.0 Å². The maximum absolute atomic E-state index is 13.7. The fraction of sp³-hybridized carbons (Fsp3) is 0.562. The summed E-state index contributed by atoms with van der Waals surface area (Å²) in [4.78, 5) is 14.3. The molecule has 1 amide bonds. The van der Waals surface area contributed by atoms with Gasteiger partial charge in [0.1, 0.15) is 0 Å². The molecule has 1 N–H and O–H groups in total. The van der Waals surface area contributed by atoms with Crippen molar-refractivity contribution in [2.75, 3.05) is 26.2 Å². The number of hydrogen-bond donors (Lipinski definition) is 1. The molecule has 2 aliphatic heterocycles. The number of para-hydroxylation sites is 1. The van der Waals surface area contributed by atoms with Gasteiger partial charge in [0.2, 0.25) is 5.91 Å². The van der Waals surface area contributed by atoms with Crippen LogP contribution in [0.15, 0.2) is 18.2 Å². The first-order chi connectivity index (χ1) is 9.94. The van der Waals surface area contributed by atoms with E-state index in [2.05, 4.69) is 24.1 Å². The Morgan fingerprint density at radius 2 is 2.24 bits per heavy atom. The molecule has 5 heteroatoms. The van der Waals surface area contributed by atoms with E-state index in [1.165, 1.54) is 6.07 Å². The lowest BCUT2D eigenvalue weighted by Crippen LogP contribution is -2.55. The number of fused-ring (bicyclic) bond motifs is 1. The number of nitrogens with one attached hydrogen (secondary N) is 1. The standard InChI is InChI=1S/C16H21FN2O2/c1-16(2)9-19(10-16)8-14(20)18-13-6-7-21-15-11(13)4-3-5-12(15)17/h3-5,13H,6-10H2,1-2H3,(H,18,20). The van der Waals surface area contributed by atoms with Crippen molar-refractivity contribution >= 4 is 5.91 Å². The van der Waals surface area contributed by atoms with Crippen molar-refractivity contribution in [2.45, 2.75) is 26.3 Å². The first kappa shape index (κ1) is 14.3. The summed E-state index contributed by atoms with van der Waals surface area (Å²) in [6.07, 6.45) is 0.674. The first-order valence-electron chi connectivity index (χ1n) is 7.37. The highest BCUT2D eigenvalue weighted by Crippen LogP contribution is 2.34. The molecule has 114 valence electrons. The van der Waals surface area contributed by atoms with E-state index in [4.69, 9.17) is 4.74 Å². The minimum Gasteiger partial charge on any atom is -0.490 e. The number of carbonyl (C=O) groups is 1. The lowest BCUT2D eigenvalue weighted by atomic mass is 9.84. The van der Waals surface area contributed by atoms with E-state index >= 15 is 0 Å². The van der Waals surface area contributed by atoms with Gasteiger partial charge in [0.05, 0.1) is 19.2 Å². The second kappa shape index (κ2) is 5.30. The molecule has 0 spiro atoms. The van der Waals surface area contributed by atoms with Crippen LogP contribution in [0.1, 0.15) is 31.9 Å². The van der Waals surface area contributed by atoms with Crippen LogP contribution in [-0.2, 0) is 4.79 Å². The molecule has 4 nitrogen and oxygen atoms in total. The molecule has 3 rings (SSSR count). The highest BCUT2D eigenvalue weighted by atomic mass is 19.1. The number of rotatable bonds is 3. The van der Waals surface area contributed by atoms with Crippen LogP contribution >= 0.6 is 0 Å². The van der Waals surface area contributed by atoms with Gasteiger partial charge in [-0.25, -0.2) is 4.39 Å². The zero-order valence-electron chi connectivity index (χ0n) is 12.5. The molecule has 1 unspecified atom stereocenters. The van der Waals surface area contributed by atoms with E-state index in [9.17, 15) is 9.18 Å². The van der Waals surface area contributed by atoms with Crippen molar-refractivity contribution in [3.05, 3.63) is 29.6 Å². The van der Waals surface area contributed by atoms with Gasteiger partial charge < -0.3 is 10.1 Å². The zero-order chi connectivity index (χ0) is 15.0. The van der Waals surface area contributed by atoms with Gasteiger partial charge in [-0.15, -0.1) is 0 Å². The van der Waals surface area contributed by atoms with E-state index in [0.717, 1.165) is 18.7 Å². The van der Waals surface area contributed by atoms with E-state index in [-0.39, 0.29) is 23.5 Å². The second-order valence-electron chi connectivity index (χ2n) is 6.72. The van der Waals surface area contributed by atoms with Gasteiger partial charge in [-0.2, -0.15) is 0 Å². The van der Waals surface area contributed by atoms with Gasteiger partial charge in [-0.05, 0) is 11.5 Å². The van der Waals surface area contributed by atoms with Crippen molar-refractivity contribution in [3.63, 3.8) is 0 Å². The Bertz CT molecular complexity index is 551. The average molecular weight is 292 g/mol. The van der Waals surface area contributed by atoms with Crippen molar-refractivity contribution < 1.29 is 13.9 Å². The molecule has 1 saturated heterocycles. The second-order valence-corrected chi connectivity index (χ2v) is 6.72. The molecule has 2 heterocycles. The Balaban J connectivity index is 1.62. The summed E-state index contributed by atoms with van der Waals surface area (Å²) >= 11 is 0. The van der Waals surface area contributed by atoms with Gasteiger partial charge >= 0.3 is 0 Å². The number of benzene rings is 1. The normalized spacial score (nSPS) is 23.7.